The maximum atomic E-state index is 12.5. The Morgan fingerprint density at radius 2 is 2.04 bits per heavy atom. The molecule has 0 aromatic carbocycles. The van der Waals surface area contributed by atoms with Crippen LogP contribution < -0.4 is 5.32 Å². The number of rotatable bonds is 3. The summed E-state index contributed by atoms with van der Waals surface area (Å²) in [5.41, 5.74) is 1.77. The van der Waals surface area contributed by atoms with Gasteiger partial charge in [-0.3, -0.25) is 14.7 Å². The lowest BCUT2D eigenvalue weighted by Crippen LogP contribution is -2.13. The van der Waals surface area contributed by atoms with Crippen molar-refractivity contribution in [3.05, 3.63) is 39.6 Å². The Hall–Kier alpha value is -2.27. The topological polar surface area (TPSA) is 72.7 Å². The number of alkyl halides is 3. The maximum absolute atomic E-state index is 12.5. The summed E-state index contributed by atoms with van der Waals surface area (Å²) in [5.74, 6) is -0.546. The molecule has 3 rings (SSSR count). The van der Waals surface area contributed by atoms with Crippen LogP contribution in [0.2, 0.25) is 0 Å². The van der Waals surface area contributed by atoms with Crippen LogP contribution in [0.5, 0.6) is 0 Å². The number of aromatic nitrogens is 4. The molecule has 0 aliphatic rings. The largest absolute Gasteiger partial charge is 0.445 e. The molecule has 0 aliphatic carbocycles. The van der Waals surface area contributed by atoms with Crippen molar-refractivity contribution in [2.45, 2.75) is 20.0 Å². The summed E-state index contributed by atoms with van der Waals surface area (Å²) in [5, 5.41) is 9.96. The first-order chi connectivity index (χ1) is 11.3. The van der Waals surface area contributed by atoms with Crippen molar-refractivity contribution in [1.29, 1.82) is 0 Å². The van der Waals surface area contributed by atoms with Crippen LogP contribution in [0.1, 0.15) is 26.8 Å². The maximum Gasteiger partial charge on any atom is 0.445 e. The van der Waals surface area contributed by atoms with Gasteiger partial charge in [0.15, 0.2) is 5.13 Å². The Kier molecular flexibility index (Phi) is 4.13. The van der Waals surface area contributed by atoms with Gasteiger partial charge >= 0.3 is 6.18 Å². The quantitative estimate of drug-likeness (QED) is 0.760. The number of carbonyl (C=O) groups excluding carboxylic acids is 1. The zero-order valence-electron chi connectivity index (χ0n) is 12.4. The van der Waals surface area contributed by atoms with Gasteiger partial charge in [-0.05, 0) is 19.9 Å². The molecule has 0 saturated heterocycles. The minimum atomic E-state index is -4.58. The fourth-order valence-corrected chi connectivity index (χ4v) is 3.52. The summed E-state index contributed by atoms with van der Waals surface area (Å²) in [6.45, 7) is 3.56. The predicted octanol–water partition coefficient (Wildman–Crippen LogP) is 3.67. The zero-order valence-corrected chi connectivity index (χ0v) is 14.0. The number of halogens is 3. The first-order valence-electron chi connectivity index (χ1n) is 6.58. The van der Waals surface area contributed by atoms with Crippen LogP contribution >= 0.6 is 22.7 Å². The smallest absolute Gasteiger partial charge is 0.296 e. The normalized spacial score (nSPS) is 11.7. The van der Waals surface area contributed by atoms with E-state index < -0.39 is 17.1 Å². The van der Waals surface area contributed by atoms with E-state index >= 15 is 0 Å². The van der Waals surface area contributed by atoms with Crippen molar-refractivity contribution < 1.29 is 18.0 Å². The van der Waals surface area contributed by atoms with Gasteiger partial charge in [0.05, 0.1) is 5.56 Å². The molecule has 0 bridgehead atoms. The number of anilines is 1. The van der Waals surface area contributed by atoms with Gasteiger partial charge in [-0.15, -0.1) is 21.5 Å². The van der Waals surface area contributed by atoms with Crippen LogP contribution in [0, 0.1) is 13.8 Å². The van der Waals surface area contributed by atoms with Gasteiger partial charge in [-0.2, -0.15) is 13.2 Å². The fraction of sp³-hybridized carbons (Fsp3) is 0.231. The molecule has 11 heteroatoms. The lowest BCUT2D eigenvalue weighted by atomic mass is 10.2. The van der Waals surface area contributed by atoms with E-state index in [9.17, 15) is 18.0 Å². The van der Waals surface area contributed by atoms with Crippen LogP contribution in [0.3, 0.4) is 0 Å². The van der Waals surface area contributed by atoms with E-state index in [-0.39, 0.29) is 16.5 Å². The minimum Gasteiger partial charge on any atom is -0.296 e. The molecule has 0 aliphatic heterocycles. The number of nitrogens with zero attached hydrogens (tertiary/aromatic N) is 4. The molecule has 1 amide bonds. The number of hydrogen-bond donors (Lipinski definition) is 1. The molecule has 3 aromatic rings. The van der Waals surface area contributed by atoms with Crippen molar-refractivity contribution in [3.8, 4) is 5.13 Å². The Morgan fingerprint density at radius 1 is 1.29 bits per heavy atom. The molecule has 0 radical (unpaired) electrons. The third-order valence-electron chi connectivity index (χ3n) is 3.17. The second kappa shape index (κ2) is 5.98. The standard InChI is InChI=1S/C13H10F3N5OS2/c1-6-5-8(7(2)21(6)12-17-3-4-23-12)9(22)18-11-20-19-10(24-11)13(14,15)16/h3-5H,1-2H3,(H,18,20,22). The van der Waals surface area contributed by atoms with Gasteiger partial charge in [-0.25, -0.2) is 4.98 Å². The van der Waals surface area contributed by atoms with Crippen molar-refractivity contribution in [3.63, 3.8) is 0 Å². The van der Waals surface area contributed by atoms with Gasteiger partial charge in [0.1, 0.15) is 0 Å². The zero-order chi connectivity index (χ0) is 17.5. The lowest BCUT2D eigenvalue weighted by Gasteiger charge is -2.05. The van der Waals surface area contributed by atoms with Crippen LogP contribution in [-0.4, -0.2) is 25.7 Å². The molecule has 0 saturated carbocycles. The van der Waals surface area contributed by atoms with E-state index in [0.717, 1.165) is 5.69 Å². The second-order valence-corrected chi connectivity index (χ2v) is 6.65. The van der Waals surface area contributed by atoms with Crippen LogP contribution in [0.15, 0.2) is 17.6 Å². The SMILES string of the molecule is Cc1cc(C(=O)Nc2nnc(C(F)(F)F)s2)c(C)n1-c1nccs1. The predicted molar refractivity (Wildman–Crippen MR) is 83.8 cm³/mol. The van der Waals surface area contributed by atoms with Crippen molar-refractivity contribution in [2.24, 2.45) is 0 Å². The van der Waals surface area contributed by atoms with Crippen molar-refractivity contribution in [1.82, 2.24) is 19.7 Å². The van der Waals surface area contributed by atoms with E-state index in [4.69, 9.17) is 0 Å². The highest BCUT2D eigenvalue weighted by Crippen LogP contribution is 2.33. The summed E-state index contributed by atoms with van der Waals surface area (Å²) < 4.78 is 39.4. The van der Waals surface area contributed by atoms with Gasteiger partial charge in [0, 0.05) is 23.0 Å². The Labute approximate surface area is 142 Å². The highest BCUT2D eigenvalue weighted by molar-refractivity contribution is 7.15. The van der Waals surface area contributed by atoms with Crippen LogP contribution in [-0.2, 0) is 6.18 Å². The minimum absolute atomic E-state index is 0.202. The molecule has 0 unspecified atom stereocenters. The molecule has 1 N–H and O–H groups in total. The molecule has 0 spiro atoms. The Morgan fingerprint density at radius 3 is 2.62 bits per heavy atom. The number of hydrogen-bond acceptors (Lipinski definition) is 6. The third kappa shape index (κ3) is 3.04. The van der Waals surface area contributed by atoms with Gasteiger partial charge < -0.3 is 0 Å². The lowest BCUT2D eigenvalue weighted by molar-refractivity contribution is -0.138. The first-order valence-corrected chi connectivity index (χ1v) is 8.28. The van der Waals surface area contributed by atoms with Gasteiger partial charge in [0.25, 0.3) is 5.91 Å². The summed E-state index contributed by atoms with van der Waals surface area (Å²) in [6.07, 6.45) is -2.93. The molecule has 0 fully saturated rings. The number of aryl methyl sites for hydroxylation is 1. The molecule has 3 heterocycles. The molecular formula is C13H10F3N5OS2. The number of carbonyl (C=O) groups is 1. The van der Waals surface area contributed by atoms with E-state index in [1.54, 1.807) is 23.8 Å². The Bertz CT molecular complexity index is 882. The third-order valence-corrected chi connectivity index (χ3v) is 4.81. The summed E-state index contributed by atoms with van der Waals surface area (Å²) >= 11 is 1.70. The fourth-order valence-electron chi connectivity index (χ4n) is 2.17. The van der Waals surface area contributed by atoms with E-state index in [2.05, 4.69) is 20.5 Å². The first kappa shape index (κ1) is 16.6. The van der Waals surface area contributed by atoms with Gasteiger partial charge in [-0.1, -0.05) is 11.3 Å². The summed E-state index contributed by atoms with van der Waals surface area (Å²) in [4.78, 5) is 16.5. The molecular weight excluding hydrogens is 363 g/mol. The number of amides is 1. The van der Waals surface area contributed by atoms with Crippen LogP contribution in [0.25, 0.3) is 5.13 Å². The van der Waals surface area contributed by atoms with Crippen molar-refractivity contribution in [2.75, 3.05) is 5.32 Å². The van der Waals surface area contributed by atoms with Gasteiger partial charge in [0.2, 0.25) is 10.1 Å². The number of thiazole rings is 1. The molecule has 24 heavy (non-hydrogen) atoms. The van der Waals surface area contributed by atoms with E-state index in [1.807, 2.05) is 12.3 Å². The molecule has 6 nitrogen and oxygen atoms in total. The van der Waals surface area contributed by atoms with E-state index in [0.29, 0.717) is 16.4 Å². The Balaban J connectivity index is 1.86. The highest BCUT2D eigenvalue weighted by Gasteiger charge is 2.36. The molecule has 3 aromatic heterocycles. The van der Waals surface area contributed by atoms with Crippen molar-refractivity contribution >= 4 is 33.7 Å². The average Bonchev–Trinajstić information content (AvgIpc) is 3.19. The average molecular weight is 373 g/mol. The molecule has 0 atom stereocenters. The second-order valence-electron chi connectivity index (χ2n) is 4.80. The highest BCUT2D eigenvalue weighted by atomic mass is 32.1. The molecule has 126 valence electrons. The van der Waals surface area contributed by atoms with Crippen LogP contribution in [0.4, 0.5) is 18.3 Å². The summed E-state index contributed by atoms with van der Waals surface area (Å²) in [6, 6.07) is 1.65. The van der Waals surface area contributed by atoms with E-state index in [1.165, 1.54) is 11.3 Å². The monoisotopic (exact) mass is 373 g/mol. The number of nitrogens with one attached hydrogen (secondary N) is 1. The summed E-state index contributed by atoms with van der Waals surface area (Å²) in [7, 11) is 0.